The largest absolute Gasteiger partial charge is 0.457 e. The molecule has 268 valence electrons. The topological polar surface area (TPSA) is 55.8 Å². The molecular formula is C43H72O4. The van der Waals surface area contributed by atoms with Crippen LogP contribution in [-0.2, 0) is 14.3 Å². The number of rotatable bonds is 34. The molecule has 0 amide bonds. The van der Waals surface area contributed by atoms with Crippen LogP contribution in [0.2, 0.25) is 0 Å². The lowest BCUT2D eigenvalue weighted by Gasteiger charge is -2.15. The number of ether oxygens (including phenoxy) is 2. The monoisotopic (exact) mass is 653 g/mol. The van der Waals surface area contributed by atoms with Crippen molar-refractivity contribution in [2.75, 3.05) is 19.8 Å². The predicted octanol–water partition coefficient (Wildman–Crippen LogP) is 12.4. The minimum atomic E-state index is -0.557. The molecule has 0 heterocycles. The summed E-state index contributed by atoms with van der Waals surface area (Å²) in [5, 5.41) is 9.56. The van der Waals surface area contributed by atoms with Crippen molar-refractivity contribution in [3.63, 3.8) is 0 Å². The average Bonchev–Trinajstić information content (AvgIpc) is 3.08. The van der Waals surface area contributed by atoms with E-state index in [0.29, 0.717) is 13.0 Å². The van der Waals surface area contributed by atoms with Crippen molar-refractivity contribution in [1.29, 1.82) is 0 Å². The molecule has 4 nitrogen and oxygen atoms in total. The number of esters is 1. The smallest absolute Gasteiger partial charge is 0.306 e. The SMILES string of the molecule is CC/C=C\C/C=C\C/C=C\C/C=C\CCCCCCCCCCCOCC(CO)OC(=O)CCCCC/C=C\C/C=C\C/C=C\CC. The fraction of sp³-hybridized carbons (Fsp3) is 0.651. The van der Waals surface area contributed by atoms with Gasteiger partial charge in [0, 0.05) is 13.0 Å². The van der Waals surface area contributed by atoms with Gasteiger partial charge in [-0.2, -0.15) is 0 Å². The maximum absolute atomic E-state index is 12.1. The maximum atomic E-state index is 12.1. The van der Waals surface area contributed by atoms with Crippen molar-refractivity contribution in [1.82, 2.24) is 0 Å². The maximum Gasteiger partial charge on any atom is 0.306 e. The van der Waals surface area contributed by atoms with Gasteiger partial charge in [0.1, 0.15) is 6.10 Å². The van der Waals surface area contributed by atoms with E-state index in [-0.39, 0.29) is 19.2 Å². The van der Waals surface area contributed by atoms with Gasteiger partial charge in [0.2, 0.25) is 0 Å². The van der Waals surface area contributed by atoms with Crippen LogP contribution in [-0.4, -0.2) is 37.0 Å². The lowest BCUT2D eigenvalue weighted by atomic mass is 10.1. The number of unbranched alkanes of at least 4 members (excludes halogenated alkanes) is 12. The number of carbonyl (C=O) groups is 1. The zero-order valence-corrected chi connectivity index (χ0v) is 30.5. The summed E-state index contributed by atoms with van der Waals surface area (Å²) >= 11 is 0. The van der Waals surface area contributed by atoms with Gasteiger partial charge in [-0.05, 0) is 83.5 Å². The van der Waals surface area contributed by atoms with Crippen LogP contribution in [0.3, 0.4) is 0 Å². The summed E-state index contributed by atoms with van der Waals surface area (Å²) in [6, 6.07) is 0. The molecule has 0 aliphatic heterocycles. The number of aliphatic hydroxyl groups is 1. The first-order valence-electron chi connectivity index (χ1n) is 19.2. The Kier molecular flexibility index (Phi) is 37.7. The van der Waals surface area contributed by atoms with Gasteiger partial charge < -0.3 is 14.6 Å². The first-order valence-corrected chi connectivity index (χ1v) is 19.2. The molecule has 1 N–H and O–H groups in total. The van der Waals surface area contributed by atoms with E-state index in [1.54, 1.807) is 0 Å². The Labute approximate surface area is 290 Å². The van der Waals surface area contributed by atoms with Crippen molar-refractivity contribution < 1.29 is 19.4 Å². The van der Waals surface area contributed by atoms with E-state index in [4.69, 9.17) is 9.47 Å². The van der Waals surface area contributed by atoms with E-state index in [9.17, 15) is 9.90 Å². The highest BCUT2D eigenvalue weighted by molar-refractivity contribution is 5.69. The molecule has 4 heteroatoms. The number of hydrogen-bond acceptors (Lipinski definition) is 4. The number of allylic oxidation sites excluding steroid dienone is 14. The third-order valence-corrected chi connectivity index (χ3v) is 7.72. The lowest BCUT2D eigenvalue weighted by Crippen LogP contribution is -2.27. The first-order chi connectivity index (χ1) is 23.2. The second kappa shape index (κ2) is 39.7. The van der Waals surface area contributed by atoms with Gasteiger partial charge in [-0.3, -0.25) is 4.79 Å². The summed E-state index contributed by atoms with van der Waals surface area (Å²) in [5.74, 6) is -0.236. The van der Waals surface area contributed by atoms with Crippen LogP contribution in [0.4, 0.5) is 0 Å². The van der Waals surface area contributed by atoms with E-state index in [1.807, 2.05) is 0 Å². The predicted molar refractivity (Wildman–Crippen MR) is 205 cm³/mol. The molecule has 0 aromatic rings. The highest BCUT2D eigenvalue weighted by atomic mass is 16.6. The zero-order chi connectivity index (χ0) is 34.1. The van der Waals surface area contributed by atoms with Gasteiger partial charge in [-0.15, -0.1) is 0 Å². The average molecular weight is 653 g/mol. The molecule has 0 aliphatic rings. The zero-order valence-electron chi connectivity index (χ0n) is 30.5. The third-order valence-electron chi connectivity index (χ3n) is 7.72. The lowest BCUT2D eigenvalue weighted by molar-refractivity contribution is -0.154. The van der Waals surface area contributed by atoms with E-state index in [1.165, 1.54) is 51.4 Å². The molecule has 47 heavy (non-hydrogen) atoms. The Hall–Kier alpha value is -2.43. The van der Waals surface area contributed by atoms with E-state index >= 15 is 0 Å². The van der Waals surface area contributed by atoms with Crippen LogP contribution in [0.1, 0.15) is 155 Å². The second-order valence-corrected chi connectivity index (χ2v) is 12.2. The highest BCUT2D eigenvalue weighted by Gasteiger charge is 2.13. The summed E-state index contributed by atoms with van der Waals surface area (Å²) in [4.78, 5) is 12.1. The van der Waals surface area contributed by atoms with Gasteiger partial charge >= 0.3 is 5.97 Å². The second-order valence-electron chi connectivity index (χ2n) is 12.2. The molecule has 0 saturated carbocycles. The van der Waals surface area contributed by atoms with Crippen molar-refractivity contribution in [2.45, 2.75) is 161 Å². The van der Waals surface area contributed by atoms with E-state index < -0.39 is 6.10 Å². The summed E-state index contributed by atoms with van der Waals surface area (Å²) in [6.07, 6.45) is 54.9. The summed E-state index contributed by atoms with van der Waals surface area (Å²) in [6.45, 7) is 5.05. The first kappa shape index (κ1) is 44.6. The molecule has 0 fully saturated rings. The Morgan fingerprint density at radius 1 is 0.511 bits per heavy atom. The molecule has 0 aromatic carbocycles. The van der Waals surface area contributed by atoms with Crippen LogP contribution >= 0.6 is 0 Å². The summed E-state index contributed by atoms with van der Waals surface area (Å²) in [5.41, 5.74) is 0. The number of aliphatic hydroxyl groups excluding tert-OH is 1. The van der Waals surface area contributed by atoms with Crippen LogP contribution in [0.5, 0.6) is 0 Å². The normalized spacial score (nSPS) is 13.3. The standard InChI is InChI=1S/C43H72O4/c1-3-5-7-9-11-13-15-17-18-19-20-21-22-23-24-25-27-29-31-33-35-37-39-46-41-42(40-44)47-43(45)38-36-34-32-30-28-26-16-14-12-10-8-6-4-2/h5-8,11-14,17-18,20-21,26,28,42,44H,3-4,9-10,15-16,19,22-25,27,29-41H2,1-2H3/b7-5-,8-6-,13-11-,14-12-,18-17-,21-20-,28-26-. The summed E-state index contributed by atoms with van der Waals surface area (Å²) < 4.78 is 11.1. The number of carbonyl (C=O) groups excluding carboxylic acids is 1. The molecule has 0 spiro atoms. The Bertz CT molecular complexity index is 861. The molecule has 0 radical (unpaired) electrons. The quantitative estimate of drug-likeness (QED) is 0.0427. The summed E-state index contributed by atoms with van der Waals surface area (Å²) in [7, 11) is 0. The van der Waals surface area contributed by atoms with Crippen LogP contribution in [0.15, 0.2) is 85.1 Å². The Morgan fingerprint density at radius 3 is 1.34 bits per heavy atom. The minimum Gasteiger partial charge on any atom is -0.457 e. The third kappa shape index (κ3) is 37.9. The molecule has 0 saturated heterocycles. The minimum absolute atomic E-state index is 0.191. The highest BCUT2D eigenvalue weighted by Crippen LogP contribution is 2.12. The molecule has 0 aliphatic carbocycles. The fourth-order valence-corrected chi connectivity index (χ4v) is 4.92. The van der Waals surface area contributed by atoms with E-state index in [0.717, 1.165) is 83.5 Å². The Balaban J connectivity index is 3.51. The van der Waals surface area contributed by atoms with Crippen LogP contribution in [0.25, 0.3) is 0 Å². The molecule has 0 aromatic heterocycles. The molecule has 1 atom stereocenters. The van der Waals surface area contributed by atoms with Crippen LogP contribution in [0, 0.1) is 0 Å². The van der Waals surface area contributed by atoms with Crippen molar-refractivity contribution in [2.24, 2.45) is 0 Å². The Morgan fingerprint density at radius 2 is 0.894 bits per heavy atom. The van der Waals surface area contributed by atoms with Gasteiger partial charge in [-0.25, -0.2) is 0 Å². The molecule has 1 unspecified atom stereocenters. The van der Waals surface area contributed by atoms with Crippen molar-refractivity contribution in [3.8, 4) is 0 Å². The van der Waals surface area contributed by atoms with E-state index in [2.05, 4.69) is 98.9 Å². The van der Waals surface area contributed by atoms with Crippen molar-refractivity contribution >= 4 is 5.97 Å². The fourth-order valence-electron chi connectivity index (χ4n) is 4.92. The van der Waals surface area contributed by atoms with Gasteiger partial charge in [0.15, 0.2) is 0 Å². The molecule has 0 rings (SSSR count). The number of hydrogen-bond donors (Lipinski definition) is 1. The van der Waals surface area contributed by atoms with Crippen LogP contribution < -0.4 is 0 Å². The van der Waals surface area contributed by atoms with Gasteiger partial charge in [0.05, 0.1) is 13.2 Å². The molecule has 0 bridgehead atoms. The molecular weight excluding hydrogens is 580 g/mol. The van der Waals surface area contributed by atoms with Gasteiger partial charge in [-0.1, -0.05) is 150 Å². The van der Waals surface area contributed by atoms with Gasteiger partial charge in [0.25, 0.3) is 0 Å². The van der Waals surface area contributed by atoms with Crippen molar-refractivity contribution in [3.05, 3.63) is 85.1 Å².